The number of rotatable bonds is 1. The second-order valence-corrected chi connectivity index (χ2v) is 2.81. The number of aryl methyl sites for hydroxylation is 1. The second kappa shape index (κ2) is 3.17. The molecular weight excluding hydrogens is 155 g/mol. The summed E-state index contributed by atoms with van der Waals surface area (Å²) in [7, 11) is -1.61. The van der Waals surface area contributed by atoms with Gasteiger partial charge in [-0.2, -0.15) is 0 Å². The maximum atomic E-state index is 9.27. The summed E-state index contributed by atoms with van der Waals surface area (Å²) in [6, 6.07) is 3.19. The van der Waals surface area contributed by atoms with E-state index in [0.29, 0.717) is 5.56 Å². The summed E-state index contributed by atoms with van der Waals surface area (Å²) in [6.45, 7) is 3.59. The fourth-order valence-corrected chi connectivity index (χ4v) is 1.15. The molecule has 0 unspecified atom stereocenters. The Morgan fingerprint density at radius 2 is 1.75 bits per heavy atom. The Labute approximate surface area is 71.4 Å². The molecule has 0 saturated heterocycles. The maximum Gasteiger partial charge on any atom is 0.492 e. The molecule has 0 amide bonds. The van der Waals surface area contributed by atoms with Crippen LogP contribution < -0.4 is 5.46 Å². The summed E-state index contributed by atoms with van der Waals surface area (Å²) in [5.74, 6) is -0.0758. The largest absolute Gasteiger partial charge is 0.508 e. The van der Waals surface area contributed by atoms with Crippen molar-refractivity contribution >= 4 is 12.6 Å². The minimum Gasteiger partial charge on any atom is -0.508 e. The first-order valence-electron chi connectivity index (χ1n) is 3.69. The molecule has 0 aliphatic rings. The van der Waals surface area contributed by atoms with Gasteiger partial charge in [0.1, 0.15) is 5.75 Å². The van der Waals surface area contributed by atoms with Crippen LogP contribution in [-0.2, 0) is 0 Å². The van der Waals surface area contributed by atoms with Crippen molar-refractivity contribution in [1.29, 1.82) is 0 Å². The van der Waals surface area contributed by atoms with E-state index in [9.17, 15) is 5.11 Å². The van der Waals surface area contributed by atoms with Gasteiger partial charge in [-0.15, -0.1) is 0 Å². The molecular formula is C8H11BO3. The van der Waals surface area contributed by atoms with Crippen LogP contribution in [0, 0.1) is 13.8 Å². The lowest BCUT2D eigenvalue weighted by Crippen LogP contribution is -2.32. The molecule has 0 saturated carbocycles. The molecule has 0 heterocycles. The van der Waals surface area contributed by atoms with Crippen molar-refractivity contribution in [3.05, 3.63) is 23.3 Å². The van der Waals surface area contributed by atoms with Crippen molar-refractivity contribution in [2.75, 3.05) is 0 Å². The van der Waals surface area contributed by atoms with Gasteiger partial charge in [0, 0.05) is 5.46 Å². The summed E-state index contributed by atoms with van der Waals surface area (Å²) in [5.41, 5.74) is 1.83. The van der Waals surface area contributed by atoms with Crippen LogP contribution in [-0.4, -0.2) is 22.3 Å². The highest BCUT2D eigenvalue weighted by Gasteiger charge is 2.19. The number of hydrogen-bond donors (Lipinski definition) is 3. The highest BCUT2D eigenvalue weighted by atomic mass is 16.4. The number of phenols is 1. The molecule has 0 spiro atoms. The summed E-state index contributed by atoms with van der Waals surface area (Å²) < 4.78 is 0. The predicted octanol–water partition coefficient (Wildman–Crippen LogP) is -0.311. The van der Waals surface area contributed by atoms with Crippen LogP contribution in [0.5, 0.6) is 5.75 Å². The lowest BCUT2D eigenvalue weighted by Gasteiger charge is -2.09. The number of phenolic OH excluding ortho intramolecular Hbond substituents is 1. The van der Waals surface area contributed by atoms with Crippen molar-refractivity contribution in [2.24, 2.45) is 0 Å². The Hall–Kier alpha value is -0.995. The zero-order valence-corrected chi connectivity index (χ0v) is 7.07. The molecule has 0 aliphatic heterocycles. The normalized spacial score (nSPS) is 10.0. The third kappa shape index (κ3) is 1.44. The average Bonchev–Trinajstić information content (AvgIpc) is 1.97. The van der Waals surface area contributed by atoms with E-state index in [1.807, 2.05) is 6.92 Å². The van der Waals surface area contributed by atoms with Crippen molar-refractivity contribution in [2.45, 2.75) is 13.8 Å². The number of aromatic hydroxyl groups is 1. The maximum absolute atomic E-state index is 9.27. The molecule has 0 fully saturated rings. The fourth-order valence-electron chi connectivity index (χ4n) is 1.15. The van der Waals surface area contributed by atoms with E-state index in [1.54, 1.807) is 13.0 Å². The number of benzene rings is 1. The van der Waals surface area contributed by atoms with E-state index in [4.69, 9.17) is 10.0 Å². The van der Waals surface area contributed by atoms with Gasteiger partial charge in [-0.1, -0.05) is 6.07 Å². The van der Waals surface area contributed by atoms with Crippen molar-refractivity contribution in [3.8, 4) is 5.75 Å². The van der Waals surface area contributed by atoms with Gasteiger partial charge in [0.05, 0.1) is 0 Å². The Morgan fingerprint density at radius 1 is 1.17 bits per heavy atom. The molecule has 4 heteroatoms. The molecule has 0 aliphatic carbocycles. The minimum absolute atomic E-state index is 0.0758. The standard InChI is InChI=1S/C8H11BO3/c1-5-3-4-7(10)8(6(5)2)9(11)12/h3-4,10-12H,1-2H3. The molecule has 1 aromatic rings. The first kappa shape index (κ1) is 9.10. The van der Waals surface area contributed by atoms with Gasteiger partial charge < -0.3 is 15.2 Å². The highest BCUT2D eigenvalue weighted by molar-refractivity contribution is 6.60. The molecule has 0 radical (unpaired) electrons. The highest BCUT2D eigenvalue weighted by Crippen LogP contribution is 2.12. The smallest absolute Gasteiger partial charge is 0.492 e. The molecule has 0 bridgehead atoms. The molecule has 1 aromatic carbocycles. The zero-order chi connectivity index (χ0) is 9.30. The molecule has 12 heavy (non-hydrogen) atoms. The molecule has 0 aromatic heterocycles. The molecule has 1 rings (SSSR count). The van der Waals surface area contributed by atoms with Crippen molar-refractivity contribution in [1.82, 2.24) is 0 Å². The summed E-state index contributed by atoms with van der Waals surface area (Å²) >= 11 is 0. The first-order chi connectivity index (χ1) is 5.54. The molecule has 64 valence electrons. The van der Waals surface area contributed by atoms with Gasteiger partial charge in [0.15, 0.2) is 0 Å². The van der Waals surface area contributed by atoms with E-state index < -0.39 is 7.12 Å². The lowest BCUT2D eigenvalue weighted by molar-refractivity contribution is 0.419. The SMILES string of the molecule is Cc1ccc(O)c(B(O)O)c1C. The van der Waals surface area contributed by atoms with E-state index in [1.165, 1.54) is 6.07 Å². The third-order valence-electron chi connectivity index (χ3n) is 2.02. The van der Waals surface area contributed by atoms with E-state index in [-0.39, 0.29) is 11.2 Å². The predicted molar refractivity (Wildman–Crippen MR) is 47.4 cm³/mol. The fraction of sp³-hybridized carbons (Fsp3) is 0.250. The van der Waals surface area contributed by atoms with Crippen LogP contribution in [0.1, 0.15) is 11.1 Å². The van der Waals surface area contributed by atoms with Gasteiger partial charge in [-0.3, -0.25) is 0 Å². The first-order valence-corrected chi connectivity index (χ1v) is 3.69. The van der Waals surface area contributed by atoms with E-state index in [0.717, 1.165) is 5.56 Å². The van der Waals surface area contributed by atoms with Crippen LogP contribution >= 0.6 is 0 Å². The monoisotopic (exact) mass is 166 g/mol. The Balaban J connectivity index is 3.33. The van der Waals surface area contributed by atoms with Crippen LogP contribution in [0.3, 0.4) is 0 Å². The van der Waals surface area contributed by atoms with Crippen molar-refractivity contribution < 1.29 is 15.2 Å². The number of hydrogen-bond acceptors (Lipinski definition) is 3. The third-order valence-corrected chi connectivity index (χ3v) is 2.02. The topological polar surface area (TPSA) is 60.7 Å². The van der Waals surface area contributed by atoms with E-state index in [2.05, 4.69) is 0 Å². The van der Waals surface area contributed by atoms with E-state index >= 15 is 0 Å². The average molecular weight is 166 g/mol. The lowest BCUT2D eigenvalue weighted by atomic mass is 9.75. The Bertz CT molecular complexity index is 297. The Kier molecular flexibility index (Phi) is 2.40. The van der Waals surface area contributed by atoms with Crippen LogP contribution in [0.4, 0.5) is 0 Å². The molecule has 3 nitrogen and oxygen atoms in total. The van der Waals surface area contributed by atoms with Crippen LogP contribution in [0.15, 0.2) is 12.1 Å². The second-order valence-electron chi connectivity index (χ2n) is 2.81. The zero-order valence-electron chi connectivity index (χ0n) is 7.07. The minimum atomic E-state index is -1.61. The Morgan fingerprint density at radius 3 is 2.17 bits per heavy atom. The van der Waals surface area contributed by atoms with Crippen LogP contribution in [0.2, 0.25) is 0 Å². The van der Waals surface area contributed by atoms with Crippen molar-refractivity contribution in [3.63, 3.8) is 0 Å². The van der Waals surface area contributed by atoms with Crippen LogP contribution in [0.25, 0.3) is 0 Å². The van der Waals surface area contributed by atoms with Gasteiger partial charge in [0.25, 0.3) is 0 Å². The quantitative estimate of drug-likeness (QED) is 0.501. The molecule has 0 atom stereocenters. The van der Waals surface area contributed by atoms with Gasteiger partial charge in [-0.25, -0.2) is 0 Å². The molecule has 3 N–H and O–H groups in total. The summed E-state index contributed by atoms with van der Waals surface area (Å²) in [5, 5.41) is 27.1. The summed E-state index contributed by atoms with van der Waals surface area (Å²) in [6.07, 6.45) is 0. The van der Waals surface area contributed by atoms with Gasteiger partial charge >= 0.3 is 7.12 Å². The summed E-state index contributed by atoms with van der Waals surface area (Å²) in [4.78, 5) is 0. The van der Waals surface area contributed by atoms with Gasteiger partial charge in [-0.05, 0) is 31.0 Å². The van der Waals surface area contributed by atoms with Gasteiger partial charge in [0.2, 0.25) is 0 Å².